The van der Waals surface area contributed by atoms with Crippen molar-refractivity contribution in [3.63, 3.8) is 0 Å². The number of H-pyrrole nitrogens is 1. The van der Waals surface area contributed by atoms with E-state index in [4.69, 9.17) is 0 Å². The molecule has 18 heavy (non-hydrogen) atoms. The molecule has 2 aromatic rings. The van der Waals surface area contributed by atoms with Gasteiger partial charge in [-0.25, -0.2) is 4.79 Å². The van der Waals surface area contributed by atoms with Gasteiger partial charge in [-0.05, 0) is 18.2 Å². The van der Waals surface area contributed by atoms with E-state index in [1.165, 1.54) is 31.4 Å². The van der Waals surface area contributed by atoms with Gasteiger partial charge in [-0.3, -0.25) is 0 Å². The highest BCUT2D eigenvalue weighted by molar-refractivity contribution is 5.97. The highest BCUT2D eigenvalue weighted by Crippen LogP contribution is 2.31. The maximum absolute atomic E-state index is 12.2. The van der Waals surface area contributed by atoms with Gasteiger partial charge in [0, 0.05) is 10.9 Å². The number of carbonyl (C=O) groups excluding carboxylic acids is 1. The van der Waals surface area contributed by atoms with Crippen LogP contribution in [0.15, 0.2) is 24.3 Å². The lowest BCUT2D eigenvalue weighted by molar-refractivity contribution is -0.274. The number of halogens is 3. The molecular weight excluding hydrogens is 251 g/mol. The zero-order chi connectivity index (χ0) is 13.3. The molecule has 0 bridgehead atoms. The molecule has 0 amide bonds. The number of fused-ring (bicyclic) bond motifs is 1. The maximum atomic E-state index is 12.2. The van der Waals surface area contributed by atoms with Gasteiger partial charge in [-0.1, -0.05) is 6.07 Å². The molecule has 1 N–H and O–H groups in total. The Kier molecular flexibility index (Phi) is 2.90. The molecule has 0 radical (unpaired) electrons. The summed E-state index contributed by atoms with van der Waals surface area (Å²) >= 11 is 0. The Morgan fingerprint density at radius 2 is 2.06 bits per heavy atom. The Morgan fingerprint density at radius 3 is 2.67 bits per heavy atom. The smallest absolute Gasteiger partial charge is 0.464 e. The number of aromatic nitrogens is 1. The Hall–Kier alpha value is -2.18. The summed E-state index contributed by atoms with van der Waals surface area (Å²) in [6, 6.07) is 5.35. The van der Waals surface area contributed by atoms with Gasteiger partial charge < -0.3 is 14.5 Å². The largest absolute Gasteiger partial charge is 0.573 e. The second kappa shape index (κ2) is 4.25. The first kappa shape index (κ1) is 12.3. The second-order valence-electron chi connectivity index (χ2n) is 3.44. The summed E-state index contributed by atoms with van der Waals surface area (Å²) < 4.78 is 44.9. The van der Waals surface area contributed by atoms with Crippen LogP contribution in [-0.2, 0) is 4.74 Å². The van der Waals surface area contributed by atoms with Crippen LogP contribution in [0.3, 0.4) is 0 Å². The van der Waals surface area contributed by atoms with Crippen LogP contribution in [-0.4, -0.2) is 24.4 Å². The summed E-state index contributed by atoms with van der Waals surface area (Å²) in [4.78, 5) is 13.9. The Balaban J connectivity index is 2.49. The van der Waals surface area contributed by atoms with Crippen LogP contribution < -0.4 is 4.74 Å². The van der Waals surface area contributed by atoms with Crippen molar-refractivity contribution < 1.29 is 27.4 Å². The normalized spacial score (nSPS) is 11.6. The molecule has 0 saturated heterocycles. The van der Waals surface area contributed by atoms with E-state index in [1.54, 1.807) is 0 Å². The highest BCUT2D eigenvalue weighted by Gasteiger charge is 2.32. The van der Waals surface area contributed by atoms with Crippen molar-refractivity contribution in [3.05, 3.63) is 30.0 Å². The summed E-state index contributed by atoms with van der Waals surface area (Å²) in [5.41, 5.74) is 0.419. The molecule has 1 heterocycles. The number of hydrogen-bond donors (Lipinski definition) is 1. The molecule has 0 unspecified atom stereocenters. The average Bonchev–Trinajstić information content (AvgIpc) is 2.71. The van der Waals surface area contributed by atoms with Crippen molar-refractivity contribution in [2.45, 2.75) is 6.36 Å². The zero-order valence-electron chi connectivity index (χ0n) is 9.17. The lowest BCUT2D eigenvalue weighted by Crippen LogP contribution is -2.17. The molecule has 7 heteroatoms. The van der Waals surface area contributed by atoms with Crippen LogP contribution in [0.25, 0.3) is 10.9 Å². The number of ether oxygens (including phenoxy) is 2. The van der Waals surface area contributed by atoms with E-state index in [-0.39, 0.29) is 16.8 Å². The van der Waals surface area contributed by atoms with Crippen LogP contribution in [0.4, 0.5) is 13.2 Å². The van der Waals surface area contributed by atoms with E-state index in [1.807, 2.05) is 0 Å². The van der Waals surface area contributed by atoms with E-state index < -0.39 is 12.3 Å². The predicted molar refractivity (Wildman–Crippen MR) is 56.3 cm³/mol. The van der Waals surface area contributed by atoms with E-state index in [0.29, 0.717) is 5.52 Å². The van der Waals surface area contributed by atoms with Crippen LogP contribution in [0.2, 0.25) is 0 Å². The molecule has 0 fully saturated rings. The van der Waals surface area contributed by atoms with Crippen molar-refractivity contribution >= 4 is 16.9 Å². The molecule has 0 spiro atoms. The lowest BCUT2D eigenvalue weighted by Gasteiger charge is -2.09. The molecule has 0 atom stereocenters. The fraction of sp³-hybridized carbons (Fsp3) is 0.182. The van der Waals surface area contributed by atoms with E-state index >= 15 is 0 Å². The van der Waals surface area contributed by atoms with Gasteiger partial charge in [0.2, 0.25) is 0 Å². The molecule has 4 nitrogen and oxygen atoms in total. The SMILES string of the molecule is COC(=O)c1cc2c(OC(F)(F)F)cccc2[nH]1. The predicted octanol–water partition coefficient (Wildman–Crippen LogP) is 2.85. The van der Waals surface area contributed by atoms with Gasteiger partial charge in [0.25, 0.3) is 0 Å². The number of rotatable bonds is 2. The van der Waals surface area contributed by atoms with Crippen molar-refractivity contribution in [2.24, 2.45) is 0 Å². The van der Waals surface area contributed by atoms with Gasteiger partial charge in [-0.2, -0.15) is 0 Å². The summed E-state index contributed by atoms with van der Waals surface area (Å²) in [7, 11) is 1.18. The van der Waals surface area contributed by atoms with Crippen molar-refractivity contribution in [1.82, 2.24) is 4.98 Å². The third-order valence-corrected chi connectivity index (χ3v) is 2.26. The number of alkyl halides is 3. The minimum absolute atomic E-state index is 0.0609. The summed E-state index contributed by atoms with van der Waals surface area (Å²) in [5, 5.41) is 0.162. The second-order valence-corrected chi connectivity index (χ2v) is 3.44. The van der Waals surface area contributed by atoms with Crippen molar-refractivity contribution in [2.75, 3.05) is 7.11 Å². The lowest BCUT2D eigenvalue weighted by atomic mass is 10.2. The standard InChI is InChI=1S/C11H8F3NO3/c1-17-10(16)8-5-6-7(15-8)3-2-4-9(6)18-11(12,13)14/h2-5,15H,1H3. The monoisotopic (exact) mass is 259 g/mol. The summed E-state index contributed by atoms with van der Waals surface area (Å²) in [6.07, 6.45) is -4.78. The molecule has 0 aliphatic carbocycles. The topological polar surface area (TPSA) is 51.3 Å². The summed E-state index contributed by atoms with van der Waals surface area (Å²) in [6.45, 7) is 0. The molecule has 1 aromatic carbocycles. The average molecular weight is 259 g/mol. The zero-order valence-corrected chi connectivity index (χ0v) is 9.17. The number of methoxy groups -OCH3 is 1. The summed E-state index contributed by atoms with van der Waals surface area (Å²) in [5.74, 6) is -1.03. The quantitative estimate of drug-likeness (QED) is 0.844. The van der Waals surface area contributed by atoms with Gasteiger partial charge in [0.1, 0.15) is 11.4 Å². The molecule has 0 aliphatic heterocycles. The number of nitrogens with one attached hydrogen (secondary N) is 1. The number of esters is 1. The van der Waals surface area contributed by atoms with Gasteiger partial charge >= 0.3 is 12.3 Å². The van der Waals surface area contributed by atoms with Crippen molar-refractivity contribution in [1.29, 1.82) is 0 Å². The minimum Gasteiger partial charge on any atom is -0.464 e. The van der Waals surface area contributed by atoms with Gasteiger partial charge in [-0.15, -0.1) is 13.2 Å². The first-order chi connectivity index (χ1) is 8.40. The van der Waals surface area contributed by atoms with E-state index in [2.05, 4.69) is 14.5 Å². The van der Waals surface area contributed by atoms with Gasteiger partial charge in [0.15, 0.2) is 0 Å². The fourth-order valence-electron chi connectivity index (χ4n) is 1.56. The third kappa shape index (κ3) is 2.39. The fourth-order valence-corrected chi connectivity index (χ4v) is 1.56. The van der Waals surface area contributed by atoms with Crippen LogP contribution >= 0.6 is 0 Å². The minimum atomic E-state index is -4.78. The first-order valence-corrected chi connectivity index (χ1v) is 4.86. The molecule has 1 aromatic heterocycles. The van der Waals surface area contributed by atoms with Crippen LogP contribution in [0, 0.1) is 0 Å². The van der Waals surface area contributed by atoms with Crippen LogP contribution in [0.1, 0.15) is 10.5 Å². The Bertz CT molecular complexity index is 589. The third-order valence-electron chi connectivity index (χ3n) is 2.26. The Morgan fingerprint density at radius 1 is 1.33 bits per heavy atom. The molecule has 0 saturated carbocycles. The van der Waals surface area contributed by atoms with Gasteiger partial charge in [0.05, 0.1) is 7.11 Å². The number of carbonyl (C=O) groups is 1. The van der Waals surface area contributed by atoms with Crippen LogP contribution in [0.5, 0.6) is 5.75 Å². The molecule has 0 aliphatic rings. The highest BCUT2D eigenvalue weighted by atomic mass is 19.4. The number of benzene rings is 1. The first-order valence-electron chi connectivity index (χ1n) is 4.86. The molecule has 96 valence electrons. The van der Waals surface area contributed by atoms with Crippen molar-refractivity contribution in [3.8, 4) is 5.75 Å². The number of aromatic amines is 1. The molecule has 2 rings (SSSR count). The number of hydrogen-bond acceptors (Lipinski definition) is 3. The van der Waals surface area contributed by atoms with E-state index in [0.717, 1.165) is 0 Å². The Labute approximate surface area is 99.3 Å². The molecular formula is C11H8F3NO3. The maximum Gasteiger partial charge on any atom is 0.573 e. The van der Waals surface area contributed by atoms with E-state index in [9.17, 15) is 18.0 Å².